The Balaban J connectivity index is 1.43. The monoisotopic (exact) mass is 510 g/mol. The Morgan fingerprint density at radius 1 is 0.921 bits per heavy atom. The fourth-order valence-corrected chi connectivity index (χ4v) is 3.81. The summed E-state index contributed by atoms with van der Waals surface area (Å²) in [6, 6.07) is 23.8. The van der Waals surface area contributed by atoms with Crippen LogP contribution in [0.15, 0.2) is 97.5 Å². The Labute approximate surface area is 219 Å². The molecule has 0 spiro atoms. The van der Waals surface area contributed by atoms with Crippen molar-refractivity contribution in [1.29, 1.82) is 0 Å². The Kier molecular flexibility index (Phi) is 8.40. The third-order valence-electron chi connectivity index (χ3n) is 5.83. The van der Waals surface area contributed by atoms with Gasteiger partial charge in [-0.25, -0.2) is 19.6 Å². The lowest BCUT2D eigenvalue weighted by molar-refractivity contribution is -0.139. The zero-order valence-corrected chi connectivity index (χ0v) is 20.6. The Morgan fingerprint density at radius 3 is 2.24 bits per heavy atom. The average Bonchev–Trinajstić information content (AvgIpc) is 2.94. The van der Waals surface area contributed by atoms with E-state index in [1.54, 1.807) is 37.4 Å². The number of carbonyl (C=O) groups is 3. The second-order valence-electron chi connectivity index (χ2n) is 8.50. The van der Waals surface area contributed by atoms with E-state index in [2.05, 4.69) is 20.6 Å². The molecule has 0 fully saturated rings. The number of carbonyl (C=O) groups excluding carboxylic acids is 2. The van der Waals surface area contributed by atoms with Crippen molar-refractivity contribution in [1.82, 2.24) is 15.3 Å². The molecule has 0 saturated carbocycles. The molecule has 4 rings (SSSR count). The van der Waals surface area contributed by atoms with Gasteiger partial charge in [0.25, 0.3) is 5.91 Å². The van der Waals surface area contributed by atoms with Crippen molar-refractivity contribution in [2.75, 3.05) is 5.32 Å². The van der Waals surface area contributed by atoms with Crippen LogP contribution in [0, 0.1) is 0 Å². The van der Waals surface area contributed by atoms with Gasteiger partial charge in [0, 0.05) is 23.7 Å². The number of nitrogens with zero attached hydrogens (tertiary/aromatic N) is 2. The summed E-state index contributed by atoms with van der Waals surface area (Å²) in [4.78, 5) is 45.2. The van der Waals surface area contributed by atoms with Crippen LogP contribution >= 0.6 is 0 Å². The molecule has 3 aromatic carbocycles. The molecule has 2 atom stereocenters. The molecule has 1 aromatic heterocycles. The first-order valence-electron chi connectivity index (χ1n) is 11.9. The van der Waals surface area contributed by atoms with Gasteiger partial charge in [0.2, 0.25) is 0 Å². The van der Waals surface area contributed by atoms with Gasteiger partial charge in [-0.2, -0.15) is 0 Å². The first-order chi connectivity index (χ1) is 18.4. The van der Waals surface area contributed by atoms with E-state index in [1.807, 2.05) is 60.7 Å². The lowest BCUT2D eigenvalue weighted by Gasteiger charge is -2.16. The summed E-state index contributed by atoms with van der Waals surface area (Å²) in [6.45, 7) is 1.77. The van der Waals surface area contributed by atoms with Gasteiger partial charge in [-0.1, -0.05) is 72.8 Å². The Bertz CT molecular complexity index is 1400. The maximum absolute atomic E-state index is 12.8. The maximum atomic E-state index is 12.8. The van der Waals surface area contributed by atoms with Crippen molar-refractivity contribution >= 4 is 23.8 Å². The summed E-state index contributed by atoms with van der Waals surface area (Å²) in [5.41, 5.74) is 3.11. The van der Waals surface area contributed by atoms with Gasteiger partial charge < -0.3 is 15.2 Å². The minimum Gasteiger partial charge on any atom is -0.480 e. The van der Waals surface area contributed by atoms with E-state index in [0.29, 0.717) is 11.1 Å². The lowest BCUT2D eigenvalue weighted by Crippen LogP contribution is -2.42. The number of rotatable bonds is 9. The summed E-state index contributed by atoms with van der Waals surface area (Å²) < 4.78 is 5.47. The van der Waals surface area contributed by atoms with Gasteiger partial charge in [0.1, 0.15) is 24.3 Å². The van der Waals surface area contributed by atoms with Crippen LogP contribution in [0.2, 0.25) is 0 Å². The molecule has 0 saturated heterocycles. The van der Waals surface area contributed by atoms with Crippen molar-refractivity contribution in [3.63, 3.8) is 0 Å². The highest BCUT2D eigenvalue weighted by Crippen LogP contribution is 2.26. The van der Waals surface area contributed by atoms with Crippen LogP contribution < -0.4 is 10.6 Å². The predicted octanol–water partition coefficient (Wildman–Crippen LogP) is 4.88. The molecule has 2 unspecified atom stereocenters. The van der Waals surface area contributed by atoms with Crippen molar-refractivity contribution in [3.8, 4) is 11.1 Å². The van der Waals surface area contributed by atoms with Gasteiger partial charge in [0.15, 0.2) is 0 Å². The summed E-state index contributed by atoms with van der Waals surface area (Å²) >= 11 is 0. The summed E-state index contributed by atoms with van der Waals surface area (Å²) in [5.74, 6) is -1.39. The molecule has 0 aliphatic carbocycles. The summed E-state index contributed by atoms with van der Waals surface area (Å²) in [6.07, 6.45) is 1.88. The van der Waals surface area contributed by atoms with Crippen LogP contribution in [0.25, 0.3) is 11.1 Å². The van der Waals surface area contributed by atoms with Crippen molar-refractivity contribution in [3.05, 3.63) is 114 Å². The highest BCUT2D eigenvalue weighted by molar-refractivity contribution is 5.97. The summed E-state index contributed by atoms with van der Waals surface area (Å²) in [5, 5.41) is 14.8. The highest BCUT2D eigenvalue weighted by Gasteiger charge is 2.21. The number of ether oxygens (including phenoxy) is 1. The van der Waals surface area contributed by atoms with Gasteiger partial charge in [-0.15, -0.1) is 0 Å². The zero-order chi connectivity index (χ0) is 26.9. The molecule has 0 aliphatic heterocycles. The molecule has 0 radical (unpaired) electrons. The second-order valence-corrected chi connectivity index (χ2v) is 8.50. The molecule has 3 N–H and O–H groups in total. The fraction of sp³-hybridized carbons (Fsp3) is 0.138. The number of anilines is 1. The molecule has 9 heteroatoms. The largest absolute Gasteiger partial charge is 0.480 e. The number of carboxylic acid groups (broad SMARTS) is 1. The smallest absolute Gasteiger partial charge is 0.413 e. The molecular formula is C29H26N4O5. The number of benzene rings is 3. The van der Waals surface area contributed by atoms with Crippen molar-refractivity contribution in [2.45, 2.75) is 25.5 Å². The van der Waals surface area contributed by atoms with Crippen LogP contribution in [0.5, 0.6) is 0 Å². The zero-order valence-electron chi connectivity index (χ0n) is 20.6. The number of carboxylic acids is 1. The first kappa shape index (κ1) is 26.0. The molecular weight excluding hydrogens is 484 g/mol. The number of aromatic nitrogens is 2. The third-order valence-corrected chi connectivity index (χ3v) is 5.83. The second kappa shape index (κ2) is 12.3. The topological polar surface area (TPSA) is 131 Å². The van der Waals surface area contributed by atoms with E-state index < -0.39 is 30.1 Å². The molecule has 38 heavy (non-hydrogen) atoms. The third kappa shape index (κ3) is 6.79. The highest BCUT2D eigenvalue weighted by atomic mass is 16.6. The molecule has 2 amide bonds. The number of amides is 2. The molecule has 4 aromatic rings. The number of hydrogen-bond donors (Lipinski definition) is 3. The number of nitrogens with one attached hydrogen (secondary N) is 2. The van der Waals surface area contributed by atoms with E-state index in [9.17, 15) is 19.5 Å². The Morgan fingerprint density at radius 2 is 1.58 bits per heavy atom. The Hall–Kier alpha value is -5.05. The van der Waals surface area contributed by atoms with Gasteiger partial charge in [0.05, 0.1) is 0 Å². The first-order valence-corrected chi connectivity index (χ1v) is 11.9. The summed E-state index contributed by atoms with van der Waals surface area (Å²) in [7, 11) is 0. The van der Waals surface area contributed by atoms with Crippen LogP contribution in [0.3, 0.4) is 0 Å². The molecule has 0 aliphatic rings. The fourth-order valence-electron chi connectivity index (χ4n) is 3.81. The minimum absolute atomic E-state index is 0.162. The molecule has 9 nitrogen and oxygen atoms in total. The van der Waals surface area contributed by atoms with Crippen LogP contribution in [-0.2, 0) is 16.0 Å². The number of aliphatic carboxylic acids is 1. The van der Waals surface area contributed by atoms with E-state index >= 15 is 0 Å². The molecule has 1 heterocycles. The quantitative estimate of drug-likeness (QED) is 0.293. The van der Waals surface area contributed by atoms with Crippen molar-refractivity contribution < 1.29 is 24.2 Å². The predicted molar refractivity (Wildman–Crippen MR) is 141 cm³/mol. The van der Waals surface area contributed by atoms with Crippen LogP contribution in [0.4, 0.5) is 10.6 Å². The average molecular weight is 511 g/mol. The van der Waals surface area contributed by atoms with Crippen molar-refractivity contribution in [2.24, 2.45) is 0 Å². The molecule has 192 valence electrons. The van der Waals surface area contributed by atoms with Crippen LogP contribution in [0.1, 0.15) is 34.5 Å². The van der Waals surface area contributed by atoms with Gasteiger partial charge in [-0.05, 0) is 35.7 Å². The minimum atomic E-state index is -1.12. The number of hydrogen-bond acceptors (Lipinski definition) is 6. The molecule has 0 bridgehead atoms. The van der Waals surface area contributed by atoms with Gasteiger partial charge in [-0.3, -0.25) is 10.1 Å². The van der Waals surface area contributed by atoms with Crippen LogP contribution in [-0.4, -0.2) is 39.1 Å². The van der Waals surface area contributed by atoms with E-state index in [0.717, 1.165) is 11.1 Å². The maximum Gasteiger partial charge on any atom is 0.413 e. The standard InChI is InChI=1S/C29H26N4O5/c1-19(21-10-6-3-7-11-21)38-29(37)33-26-24(17-30-18-31-26)22-12-14-23(15-13-22)27(34)32-25(28(35)36)16-20-8-4-2-5-9-20/h2-15,17-19,25H,16H2,1H3,(H,32,34)(H,35,36)(H,30,31,33,37). The van der Waals surface area contributed by atoms with Gasteiger partial charge >= 0.3 is 12.1 Å². The van der Waals surface area contributed by atoms with E-state index in [-0.39, 0.29) is 17.8 Å². The lowest BCUT2D eigenvalue weighted by atomic mass is 10.0. The SMILES string of the molecule is CC(OC(=O)Nc1ncncc1-c1ccc(C(=O)NC(Cc2ccccc2)C(=O)O)cc1)c1ccccc1. The normalized spacial score (nSPS) is 12.1. The van der Waals surface area contributed by atoms with E-state index in [1.165, 1.54) is 6.33 Å². The van der Waals surface area contributed by atoms with E-state index in [4.69, 9.17) is 4.74 Å².